The first-order chi connectivity index (χ1) is 15.5. The number of carbonyl (C=O) groups excluding carboxylic acids is 2. The van der Waals surface area contributed by atoms with E-state index in [1.807, 2.05) is 6.07 Å². The molecule has 7 heteroatoms. The summed E-state index contributed by atoms with van der Waals surface area (Å²) < 4.78 is 11.2. The van der Waals surface area contributed by atoms with Crippen LogP contribution >= 0.6 is 0 Å². The van der Waals surface area contributed by atoms with Crippen LogP contribution in [0.2, 0.25) is 0 Å². The second-order valence-electron chi connectivity index (χ2n) is 7.66. The van der Waals surface area contributed by atoms with Gasteiger partial charge in [0.2, 0.25) is 0 Å². The van der Waals surface area contributed by atoms with E-state index in [1.54, 1.807) is 30.3 Å². The van der Waals surface area contributed by atoms with Crippen molar-refractivity contribution in [1.82, 2.24) is 5.32 Å². The van der Waals surface area contributed by atoms with Crippen LogP contribution in [0.3, 0.4) is 0 Å². The summed E-state index contributed by atoms with van der Waals surface area (Å²) >= 11 is 0. The molecular formula is C25H25N2O5-. The van der Waals surface area contributed by atoms with E-state index in [0.717, 1.165) is 31.2 Å². The molecule has 0 aliphatic heterocycles. The fourth-order valence-corrected chi connectivity index (χ4v) is 3.62. The normalized spacial score (nSPS) is 14.3. The quantitative estimate of drug-likeness (QED) is 0.506. The molecule has 7 nitrogen and oxygen atoms in total. The van der Waals surface area contributed by atoms with Crippen molar-refractivity contribution in [1.29, 1.82) is 5.26 Å². The van der Waals surface area contributed by atoms with Gasteiger partial charge in [0, 0.05) is 6.04 Å². The highest BCUT2D eigenvalue weighted by molar-refractivity contribution is 6.01. The van der Waals surface area contributed by atoms with Gasteiger partial charge in [-0.25, -0.2) is 0 Å². The molecule has 1 fully saturated rings. The van der Waals surface area contributed by atoms with Crippen molar-refractivity contribution in [3.05, 3.63) is 64.7 Å². The Balaban J connectivity index is 1.68. The minimum Gasteiger partial charge on any atom is -0.545 e. The van der Waals surface area contributed by atoms with Crippen molar-refractivity contribution in [2.24, 2.45) is 0 Å². The Bertz CT molecular complexity index is 1030. The molecule has 0 radical (unpaired) electrons. The lowest BCUT2D eigenvalue weighted by Crippen LogP contribution is -2.36. The van der Waals surface area contributed by atoms with E-state index in [1.165, 1.54) is 31.7 Å². The van der Waals surface area contributed by atoms with Gasteiger partial charge in [-0.05, 0) is 47.7 Å². The second kappa shape index (κ2) is 11.0. The lowest BCUT2D eigenvalue weighted by molar-refractivity contribution is -0.255. The van der Waals surface area contributed by atoms with E-state index in [2.05, 4.69) is 5.32 Å². The lowest BCUT2D eigenvalue weighted by Gasteiger charge is -2.22. The number of nitrogens with zero attached hydrogens (tertiary/aromatic N) is 1. The van der Waals surface area contributed by atoms with Crippen LogP contribution in [-0.4, -0.2) is 25.0 Å². The molecule has 0 spiro atoms. The van der Waals surface area contributed by atoms with Crippen LogP contribution in [-0.2, 0) is 11.4 Å². The van der Waals surface area contributed by atoms with Gasteiger partial charge in [-0.1, -0.05) is 49.6 Å². The summed E-state index contributed by atoms with van der Waals surface area (Å²) in [6.45, 7) is 0.214. The zero-order valence-corrected chi connectivity index (χ0v) is 17.9. The predicted octanol–water partition coefficient (Wildman–Crippen LogP) is 2.99. The van der Waals surface area contributed by atoms with Crippen molar-refractivity contribution in [3.63, 3.8) is 0 Å². The third kappa shape index (κ3) is 6.11. The Morgan fingerprint density at radius 3 is 2.47 bits per heavy atom. The summed E-state index contributed by atoms with van der Waals surface area (Å²) in [6.07, 6.45) is 6.79. The largest absolute Gasteiger partial charge is 0.545 e. The van der Waals surface area contributed by atoms with Crippen molar-refractivity contribution in [3.8, 4) is 17.6 Å². The standard InChI is InChI=1S/C25H26N2O5/c1-31-23-14-18(13-20(15-26)24(28)27-21-5-3-2-4-6-21)9-12-22(23)32-16-17-7-10-19(11-8-17)25(29)30/h7-14,21H,2-6,16H2,1H3,(H,27,28)(H,29,30)/p-1/b20-13-. The number of nitriles is 1. The van der Waals surface area contributed by atoms with Crippen molar-refractivity contribution >= 4 is 18.0 Å². The zero-order chi connectivity index (χ0) is 22.9. The summed E-state index contributed by atoms with van der Waals surface area (Å²) in [5.74, 6) is -0.653. The first-order valence-corrected chi connectivity index (χ1v) is 10.5. The fourth-order valence-electron chi connectivity index (χ4n) is 3.62. The number of rotatable bonds is 8. The molecule has 0 bridgehead atoms. The Kier molecular flexibility index (Phi) is 7.87. The molecule has 0 unspecified atom stereocenters. The zero-order valence-electron chi connectivity index (χ0n) is 17.9. The molecule has 1 amide bonds. The molecule has 1 N–H and O–H groups in total. The third-order valence-electron chi connectivity index (χ3n) is 5.39. The maximum absolute atomic E-state index is 12.5. The van der Waals surface area contributed by atoms with Crippen LogP contribution in [0.25, 0.3) is 6.08 Å². The number of carbonyl (C=O) groups is 2. The summed E-state index contributed by atoms with van der Waals surface area (Å²) in [7, 11) is 1.51. The van der Waals surface area contributed by atoms with Crippen molar-refractivity contribution in [2.45, 2.75) is 44.8 Å². The molecular weight excluding hydrogens is 408 g/mol. The molecule has 1 saturated carbocycles. The van der Waals surface area contributed by atoms with Gasteiger partial charge in [-0.3, -0.25) is 4.79 Å². The van der Waals surface area contributed by atoms with Crippen molar-refractivity contribution in [2.75, 3.05) is 7.11 Å². The van der Waals surface area contributed by atoms with Gasteiger partial charge in [-0.2, -0.15) is 5.26 Å². The van der Waals surface area contributed by atoms with Gasteiger partial charge in [-0.15, -0.1) is 0 Å². The number of hydrogen-bond donors (Lipinski definition) is 1. The average Bonchev–Trinajstić information content (AvgIpc) is 2.82. The van der Waals surface area contributed by atoms with Gasteiger partial charge in [0.1, 0.15) is 18.2 Å². The number of amides is 1. The molecule has 0 heterocycles. The third-order valence-corrected chi connectivity index (χ3v) is 5.39. The molecule has 1 aliphatic rings. The van der Waals surface area contributed by atoms with E-state index in [4.69, 9.17) is 9.47 Å². The Hall–Kier alpha value is -3.79. The Labute approximate surface area is 187 Å². The summed E-state index contributed by atoms with van der Waals surface area (Å²) in [4.78, 5) is 23.3. The van der Waals surface area contributed by atoms with E-state index in [0.29, 0.717) is 17.1 Å². The van der Waals surface area contributed by atoms with Gasteiger partial charge >= 0.3 is 0 Å². The van der Waals surface area contributed by atoms with E-state index < -0.39 is 5.97 Å². The number of nitrogens with one attached hydrogen (secondary N) is 1. The van der Waals surface area contributed by atoms with Gasteiger partial charge in [0.15, 0.2) is 11.5 Å². The van der Waals surface area contributed by atoms with Crippen molar-refractivity contribution < 1.29 is 24.2 Å². The monoisotopic (exact) mass is 433 g/mol. The highest BCUT2D eigenvalue weighted by Gasteiger charge is 2.18. The second-order valence-corrected chi connectivity index (χ2v) is 7.66. The van der Waals surface area contributed by atoms with Crippen LogP contribution in [0.5, 0.6) is 11.5 Å². The van der Waals surface area contributed by atoms with Crippen LogP contribution in [0, 0.1) is 11.3 Å². The number of methoxy groups -OCH3 is 1. The number of benzene rings is 2. The SMILES string of the molecule is COc1cc(/C=C(/C#N)C(=O)NC2CCCCC2)ccc1OCc1ccc(C(=O)[O-])cc1. The van der Waals surface area contributed by atoms with Crippen LogP contribution < -0.4 is 19.9 Å². The van der Waals surface area contributed by atoms with E-state index in [-0.39, 0.29) is 29.7 Å². The van der Waals surface area contributed by atoms with Crippen LogP contribution in [0.15, 0.2) is 48.0 Å². The maximum atomic E-state index is 12.5. The van der Waals surface area contributed by atoms with E-state index in [9.17, 15) is 20.0 Å². The maximum Gasteiger partial charge on any atom is 0.262 e. The number of aromatic carboxylic acids is 1. The minimum atomic E-state index is -1.23. The molecule has 3 rings (SSSR count). The minimum absolute atomic E-state index is 0.0410. The molecule has 0 atom stereocenters. The average molecular weight is 433 g/mol. The highest BCUT2D eigenvalue weighted by atomic mass is 16.5. The Morgan fingerprint density at radius 1 is 1.12 bits per heavy atom. The summed E-state index contributed by atoms with van der Waals surface area (Å²) in [5, 5.41) is 23.2. The number of ether oxygens (including phenoxy) is 2. The lowest BCUT2D eigenvalue weighted by atomic mass is 9.95. The Morgan fingerprint density at radius 2 is 1.84 bits per heavy atom. The van der Waals surface area contributed by atoms with Crippen LogP contribution in [0.4, 0.5) is 0 Å². The molecule has 2 aromatic carbocycles. The molecule has 166 valence electrons. The first kappa shape index (κ1) is 22.9. The van der Waals surface area contributed by atoms with E-state index >= 15 is 0 Å². The smallest absolute Gasteiger partial charge is 0.262 e. The molecule has 32 heavy (non-hydrogen) atoms. The first-order valence-electron chi connectivity index (χ1n) is 10.5. The molecule has 0 aromatic heterocycles. The number of carboxylic acids is 1. The topological polar surface area (TPSA) is 111 Å². The summed E-state index contributed by atoms with van der Waals surface area (Å²) in [5.41, 5.74) is 1.57. The number of hydrogen-bond acceptors (Lipinski definition) is 6. The highest BCUT2D eigenvalue weighted by Crippen LogP contribution is 2.30. The molecule has 2 aromatic rings. The summed E-state index contributed by atoms with van der Waals surface area (Å²) in [6, 6.07) is 13.5. The van der Waals surface area contributed by atoms with Gasteiger partial charge in [0.05, 0.1) is 13.1 Å². The van der Waals surface area contributed by atoms with Gasteiger partial charge < -0.3 is 24.7 Å². The predicted molar refractivity (Wildman–Crippen MR) is 117 cm³/mol. The molecule has 1 aliphatic carbocycles. The fraction of sp³-hybridized carbons (Fsp3) is 0.320. The number of carboxylic acid groups (broad SMARTS) is 1. The van der Waals surface area contributed by atoms with Crippen LogP contribution in [0.1, 0.15) is 53.6 Å². The molecule has 0 saturated heterocycles. The van der Waals surface area contributed by atoms with Gasteiger partial charge in [0.25, 0.3) is 5.91 Å².